The first-order valence-electron chi connectivity index (χ1n) is 4.04. The van der Waals surface area contributed by atoms with Crippen molar-refractivity contribution in [2.45, 2.75) is 6.43 Å². The molecule has 0 saturated heterocycles. The topological polar surface area (TPSA) is 33.1 Å². The highest BCUT2D eigenvalue weighted by Gasteiger charge is 2.08. The first kappa shape index (κ1) is 8.87. The Morgan fingerprint density at radius 2 is 1.86 bits per heavy atom. The molecule has 2 rings (SSSR count). The van der Waals surface area contributed by atoms with Crippen molar-refractivity contribution in [2.75, 3.05) is 0 Å². The molecule has 1 N–H and O–H groups in total. The van der Waals surface area contributed by atoms with Gasteiger partial charge in [0.1, 0.15) is 11.4 Å². The van der Waals surface area contributed by atoms with E-state index in [1.807, 2.05) is 0 Å². The third-order valence-corrected chi connectivity index (χ3v) is 1.92. The molecule has 0 aliphatic rings. The quantitative estimate of drug-likeness (QED) is 0.758. The van der Waals surface area contributed by atoms with Gasteiger partial charge >= 0.3 is 0 Å². The lowest BCUT2D eigenvalue weighted by Crippen LogP contribution is -1.89. The van der Waals surface area contributed by atoms with E-state index in [1.54, 1.807) is 12.1 Å². The number of aromatic hydroxyl groups is 1. The van der Waals surface area contributed by atoms with Crippen LogP contribution in [0.25, 0.3) is 10.9 Å². The van der Waals surface area contributed by atoms with Gasteiger partial charge in [0.15, 0.2) is 0 Å². The maximum atomic E-state index is 12.3. The number of pyridine rings is 1. The fourth-order valence-electron chi connectivity index (χ4n) is 1.24. The van der Waals surface area contributed by atoms with E-state index in [0.717, 1.165) is 5.39 Å². The average molecular weight is 195 g/mol. The van der Waals surface area contributed by atoms with E-state index >= 15 is 0 Å². The molecule has 0 spiro atoms. The molecule has 1 aromatic heterocycles. The average Bonchev–Trinajstić information content (AvgIpc) is 2.16. The van der Waals surface area contributed by atoms with Crippen molar-refractivity contribution in [2.24, 2.45) is 0 Å². The van der Waals surface area contributed by atoms with Crippen LogP contribution in [0.3, 0.4) is 0 Å². The summed E-state index contributed by atoms with van der Waals surface area (Å²) in [6.45, 7) is 0. The van der Waals surface area contributed by atoms with Gasteiger partial charge in [-0.1, -0.05) is 6.07 Å². The summed E-state index contributed by atoms with van der Waals surface area (Å²) in [7, 11) is 0. The lowest BCUT2D eigenvalue weighted by molar-refractivity contribution is 0.146. The Labute approximate surface area is 78.8 Å². The Morgan fingerprint density at radius 3 is 2.57 bits per heavy atom. The maximum Gasteiger partial charge on any atom is 0.280 e. The SMILES string of the molecule is Oc1ccc2ccc(C(F)F)nc2c1. The number of phenols is 1. The van der Waals surface area contributed by atoms with Gasteiger partial charge in [0.05, 0.1) is 5.52 Å². The summed E-state index contributed by atoms with van der Waals surface area (Å²) in [5.74, 6) is 0.0245. The van der Waals surface area contributed by atoms with Gasteiger partial charge in [-0.15, -0.1) is 0 Å². The molecule has 0 saturated carbocycles. The molecule has 1 heterocycles. The second-order valence-electron chi connectivity index (χ2n) is 2.91. The predicted molar refractivity (Wildman–Crippen MR) is 48.4 cm³/mol. The Bertz CT molecular complexity index is 471. The number of nitrogens with zero attached hydrogens (tertiary/aromatic N) is 1. The van der Waals surface area contributed by atoms with Gasteiger partial charge < -0.3 is 5.11 Å². The lowest BCUT2D eigenvalue weighted by atomic mass is 10.2. The first-order chi connectivity index (χ1) is 6.66. The molecular formula is C10H7F2NO. The molecule has 2 nitrogen and oxygen atoms in total. The van der Waals surface area contributed by atoms with Gasteiger partial charge in [-0.05, 0) is 18.2 Å². The van der Waals surface area contributed by atoms with Gasteiger partial charge in [-0.2, -0.15) is 0 Å². The number of fused-ring (bicyclic) bond motifs is 1. The van der Waals surface area contributed by atoms with E-state index in [-0.39, 0.29) is 11.4 Å². The van der Waals surface area contributed by atoms with Crippen molar-refractivity contribution in [1.29, 1.82) is 0 Å². The molecule has 0 aliphatic carbocycles. The molecule has 0 fully saturated rings. The zero-order valence-corrected chi connectivity index (χ0v) is 7.11. The van der Waals surface area contributed by atoms with E-state index in [9.17, 15) is 8.78 Å². The minimum absolute atomic E-state index is 0.0245. The highest BCUT2D eigenvalue weighted by atomic mass is 19.3. The molecule has 0 bridgehead atoms. The minimum Gasteiger partial charge on any atom is -0.508 e. The van der Waals surface area contributed by atoms with E-state index in [0.29, 0.717) is 5.52 Å². The molecule has 0 radical (unpaired) electrons. The standard InChI is InChI=1S/C10H7F2NO/c11-10(12)8-4-2-6-1-3-7(14)5-9(6)13-8/h1-5,10,14H. The summed E-state index contributed by atoms with van der Waals surface area (Å²) < 4.78 is 24.5. The number of hydrogen-bond acceptors (Lipinski definition) is 2. The van der Waals surface area contributed by atoms with Crippen LogP contribution in [0.4, 0.5) is 8.78 Å². The molecule has 1 aromatic carbocycles. The molecule has 2 aromatic rings. The fourth-order valence-corrected chi connectivity index (χ4v) is 1.24. The molecule has 0 unspecified atom stereocenters. The summed E-state index contributed by atoms with van der Waals surface area (Å²) in [6, 6.07) is 7.33. The number of halogens is 2. The van der Waals surface area contributed by atoms with Gasteiger partial charge in [-0.3, -0.25) is 0 Å². The number of alkyl halides is 2. The smallest absolute Gasteiger partial charge is 0.280 e. The summed E-state index contributed by atoms with van der Waals surface area (Å²) >= 11 is 0. The van der Waals surface area contributed by atoms with E-state index in [1.165, 1.54) is 18.2 Å². The van der Waals surface area contributed by atoms with Crippen LogP contribution in [0.1, 0.15) is 12.1 Å². The van der Waals surface area contributed by atoms with Crippen LogP contribution in [0.5, 0.6) is 5.75 Å². The zero-order chi connectivity index (χ0) is 10.1. The van der Waals surface area contributed by atoms with Crippen LogP contribution in [0, 0.1) is 0 Å². The minimum atomic E-state index is -2.58. The van der Waals surface area contributed by atoms with Crippen LogP contribution < -0.4 is 0 Å². The predicted octanol–water partition coefficient (Wildman–Crippen LogP) is 2.88. The Kier molecular flexibility index (Phi) is 2.04. The van der Waals surface area contributed by atoms with E-state index < -0.39 is 6.43 Å². The summed E-state index contributed by atoms with van der Waals surface area (Å²) in [6.07, 6.45) is -2.58. The monoisotopic (exact) mass is 195 g/mol. The van der Waals surface area contributed by atoms with Gasteiger partial charge in [0.2, 0.25) is 0 Å². The van der Waals surface area contributed by atoms with Crippen molar-refractivity contribution in [1.82, 2.24) is 4.98 Å². The molecule has 0 amide bonds. The van der Waals surface area contributed by atoms with Crippen molar-refractivity contribution in [3.63, 3.8) is 0 Å². The van der Waals surface area contributed by atoms with Crippen molar-refractivity contribution in [3.8, 4) is 5.75 Å². The Balaban J connectivity index is 2.63. The highest BCUT2D eigenvalue weighted by Crippen LogP contribution is 2.22. The van der Waals surface area contributed by atoms with Crippen LogP contribution in [-0.2, 0) is 0 Å². The molecule has 4 heteroatoms. The zero-order valence-electron chi connectivity index (χ0n) is 7.11. The van der Waals surface area contributed by atoms with Gasteiger partial charge in [0, 0.05) is 11.5 Å². The summed E-state index contributed by atoms with van der Waals surface area (Å²) in [5, 5.41) is 9.86. The van der Waals surface area contributed by atoms with E-state index in [2.05, 4.69) is 4.98 Å². The second-order valence-corrected chi connectivity index (χ2v) is 2.91. The molecular weight excluding hydrogens is 188 g/mol. The van der Waals surface area contributed by atoms with Crippen molar-refractivity contribution >= 4 is 10.9 Å². The number of rotatable bonds is 1. The van der Waals surface area contributed by atoms with Gasteiger partial charge in [0.25, 0.3) is 6.43 Å². The first-order valence-corrected chi connectivity index (χ1v) is 4.04. The van der Waals surface area contributed by atoms with E-state index in [4.69, 9.17) is 5.11 Å². The van der Waals surface area contributed by atoms with Crippen LogP contribution >= 0.6 is 0 Å². The Hall–Kier alpha value is -1.71. The van der Waals surface area contributed by atoms with Crippen LogP contribution in [-0.4, -0.2) is 10.1 Å². The number of hydrogen-bond donors (Lipinski definition) is 1. The normalized spacial score (nSPS) is 11.1. The third-order valence-electron chi connectivity index (χ3n) is 1.92. The second kappa shape index (κ2) is 3.21. The summed E-state index contributed by atoms with van der Waals surface area (Å²) in [4.78, 5) is 3.73. The lowest BCUT2D eigenvalue weighted by Gasteiger charge is -2.01. The van der Waals surface area contributed by atoms with Crippen molar-refractivity contribution < 1.29 is 13.9 Å². The molecule has 14 heavy (non-hydrogen) atoms. The summed E-state index contributed by atoms with van der Waals surface area (Å²) in [5.41, 5.74) is 0.103. The van der Waals surface area contributed by atoms with Crippen molar-refractivity contribution in [3.05, 3.63) is 36.0 Å². The number of aromatic nitrogens is 1. The number of phenolic OH excluding ortho intramolecular Hbond substituents is 1. The highest BCUT2D eigenvalue weighted by molar-refractivity contribution is 5.80. The van der Waals surface area contributed by atoms with Crippen LogP contribution in [0.15, 0.2) is 30.3 Å². The van der Waals surface area contributed by atoms with Crippen LogP contribution in [0.2, 0.25) is 0 Å². The third kappa shape index (κ3) is 1.51. The Morgan fingerprint density at radius 1 is 1.14 bits per heavy atom. The number of benzene rings is 1. The van der Waals surface area contributed by atoms with Gasteiger partial charge in [-0.25, -0.2) is 13.8 Å². The maximum absolute atomic E-state index is 12.3. The molecule has 72 valence electrons. The fraction of sp³-hybridized carbons (Fsp3) is 0.100. The molecule has 0 aliphatic heterocycles. The largest absolute Gasteiger partial charge is 0.508 e. The molecule has 0 atom stereocenters.